The number of ether oxygens (including phenoxy) is 1. The van der Waals surface area contributed by atoms with Crippen LogP contribution in [-0.2, 0) is 9.53 Å². The van der Waals surface area contributed by atoms with Gasteiger partial charge in [0.25, 0.3) is 0 Å². The summed E-state index contributed by atoms with van der Waals surface area (Å²) in [5.41, 5.74) is 1.39. The molecule has 0 bridgehead atoms. The Morgan fingerprint density at radius 2 is 1.93 bits per heavy atom. The molecule has 0 amide bonds. The lowest BCUT2D eigenvalue weighted by Gasteiger charge is -2.06. The Bertz CT molecular complexity index is 392. The second kappa shape index (κ2) is 3.18. The van der Waals surface area contributed by atoms with Crippen LogP contribution in [0.15, 0.2) is 36.1 Å². The van der Waals surface area contributed by atoms with Crippen LogP contribution in [0.3, 0.4) is 0 Å². The maximum Gasteiger partial charge on any atom is 0.374 e. The lowest BCUT2D eigenvalue weighted by molar-refractivity contribution is -0.141. The van der Waals surface area contributed by atoms with Crippen molar-refractivity contribution >= 4 is 11.5 Å². The molecule has 72 valence electrons. The van der Waals surface area contributed by atoms with Crippen LogP contribution < -0.4 is 0 Å². The van der Waals surface area contributed by atoms with E-state index >= 15 is 0 Å². The van der Waals surface area contributed by atoms with Crippen molar-refractivity contribution < 1.29 is 14.6 Å². The molecule has 1 aromatic carbocycles. The van der Waals surface area contributed by atoms with Crippen LogP contribution in [0.1, 0.15) is 12.5 Å². The summed E-state index contributed by atoms with van der Waals surface area (Å²) in [5, 5.41) is 9.49. The Labute approximate surface area is 81.6 Å². The minimum atomic E-state index is -0.642. The van der Waals surface area contributed by atoms with Gasteiger partial charge in [-0.25, -0.2) is 4.79 Å². The molecule has 14 heavy (non-hydrogen) atoms. The minimum absolute atomic E-state index is 0.274. The smallest absolute Gasteiger partial charge is 0.374 e. The second-order valence-electron chi connectivity index (χ2n) is 3.18. The van der Waals surface area contributed by atoms with Crippen LogP contribution in [0.2, 0.25) is 0 Å². The van der Waals surface area contributed by atoms with Gasteiger partial charge in [0.15, 0.2) is 0 Å². The number of benzene rings is 1. The lowest BCUT2D eigenvalue weighted by atomic mass is 10.0. The fourth-order valence-corrected chi connectivity index (χ4v) is 1.57. The molecule has 0 saturated carbocycles. The molecular formula is C11H10O3. The van der Waals surface area contributed by atoms with Crippen molar-refractivity contribution in [3.8, 4) is 0 Å². The van der Waals surface area contributed by atoms with Crippen LogP contribution in [0.4, 0.5) is 0 Å². The van der Waals surface area contributed by atoms with E-state index in [0.29, 0.717) is 5.57 Å². The Hall–Kier alpha value is -1.77. The third kappa shape index (κ3) is 1.27. The van der Waals surface area contributed by atoms with Gasteiger partial charge in [-0.3, -0.25) is 0 Å². The highest BCUT2D eigenvalue weighted by Crippen LogP contribution is 2.29. The number of cyclic esters (lactones) is 1. The first-order chi connectivity index (χ1) is 6.70. The molecule has 0 saturated heterocycles. The summed E-state index contributed by atoms with van der Waals surface area (Å²) in [6.07, 6.45) is -0.370. The first kappa shape index (κ1) is 8.81. The molecule has 0 fully saturated rings. The molecule has 1 N–H and O–H groups in total. The van der Waals surface area contributed by atoms with Crippen molar-refractivity contribution in [3.05, 3.63) is 41.7 Å². The third-order valence-corrected chi connectivity index (χ3v) is 2.22. The van der Waals surface area contributed by atoms with Gasteiger partial charge in [0.2, 0.25) is 5.76 Å². The van der Waals surface area contributed by atoms with Crippen LogP contribution in [0.5, 0.6) is 0 Å². The van der Waals surface area contributed by atoms with E-state index in [2.05, 4.69) is 0 Å². The van der Waals surface area contributed by atoms with Gasteiger partial charge < -0.3 is 9.84 Å². The van der Waals surface area contributed by atoms with E-state index in [1.165, 1.54) is 0 Å². The van der Waals surface area contributed by atoms with Crippen LogP contribution >= 0.6 is 0 Å². The van der Waals surface area contributed by atoms with Gasteiger partial charge in [0, 0.05) is 5.57 Å². The third-order valence-electron chi connectivity index (χ3n) is 2.22. The molecule has 1 aliphatic rings. The number of hydrogen-bond acceptors (Lipinski definition) is 3. The monoisotopic (exact) mass is 190 g/mol. The molecule has 2 rings (SSSR count). The zero-order valence-corrected chi connectivity index (χ0v) is 7.73. The van der Waals surface area contributed by atoms with Crippen molar-refractivity contribution in [2.24, 2.45) is 0 Å². The molecule has 0 aromatic heterocycles. The molecule has 0 spiro atoms. The Balaban J connectivity index is 2.49. The Morgan fingerprint density at radius 1 is 1.29 bits per heavy atom. The Kier molecular flexibility index (Phi) is 2.00. The van der Waals surface area contributed by atoms with E-state index in [0.717, 1.165) is 5.56 Å². The van der Waals surface area contributed by atoms with E-state index < -0.39 is 5.97 Å². The molecule has 3 heteroatoms. The fraction of sp³-hybridized carbons (Fsp3) is 0.182. The predicted octanol–water partition coefficient (Wildman–Crippen LogP) is 1.90. The highest BCUT2D eigenvalue weighted by atomic mass is 16.6. The van der Waals surface area contributed by atoms with E-state index in [9.17, 15) is 9.90 Å². The van der Waals surface area contributed by atoms with Crippen LogP contribution in [0.25, 0.3) is 5.57 Å². The molecule has 1 unspecified atom stereocenters. The molecule has 3 nitrogen and oxygen atoms in total. The molecule has 1 aliphatic heterocycles. The first-order valence-corrected chi connectivity index (χ1v) is 4.39. The summed E-state index contributed by atoms with van der Waals surface area (Å²) in [6, 6.07) is 9.26. The SMILES string of the molecule is CC1OC(=O)C(O)=C1c1ccccc1. The summed E-state index contributed by atoms with van der Waals surface area (Å²) in [5.74, 6) is -0.917. The zero-order chi connectivity index (χ0) is 10.1. The quantitative estimate of drug-likeness (QED) is 0.688. The van der Waals surface area contributed by atoms with Crippen molar-refractivity contribution in [1.29, 1.82) is 0 Å². The summed E-state index contributed by atoms with van der Waals surface area (Å²) >= 11 is 0. The topological polar surface area (TPSA) is 46.5 Å². The first-order valence-electron chi connectivity index (χ1n) is 4.39. The highest BCUT2D eigenvalue weighted by Gasteiger charge is 2.31. The molecule has 1 atom stereocenters. The summed E-state index contributed by atoms with van der Waals surface area (Å²) in [7, 11) is 0. The van der Waals surface area contributed by atoms with Gasteiger partial charge in [-0.2, -0.15) is 0 Å². The highest BCUT2D eigenvalue weighted by molar-refractivity contribution is 6.00. The Morgan fingerprint density at radius 3 is 2.43 bits per heavy atom. The van der Waals surface area contributed by atoms with Crippen molar-refractivity contribution in [2.75, 3.05) is 0 Å². The number of rotatable bonds is 1. The number of aliphatic hydroxyl groups is 1. The van der Waals surface area contributed by atoms with Gasteiger partial charge in [0.1, 0.15) is 6.10 Å². The number of aliphatic hydroxyl groups excluding tert-OH is 1. The van der Waals surface area contributed by atoms with Crippen molar-refractivity contribution in [1.82, 2.24) is 0 Å². The van der Waals surface area contributed by atoms with E-state index in [4.69, 9.17) is 4.74 Å². The predicted molar refractivity (Wildman–Crippen MR) is 51.5 cm³/mol. The second-order valence-corrected chi connectivity index (χ2v) is 3.18. The summed E-state index contributed by atoms with van der Waals surface area (Å²) in [6.45, 7) is 1.74. The number of carbonyl (C=O) groups excluding carboxylic acids is 1. The maximum atomic E-state index is 11.0. The number of hydrogen-bond donors (Lipinski definition) is 1. The van der Waals surface area contributed by atoms with E-state index in [-0.39, 0.29) is 11.9 Å². The molecule has 1 aromatic rings. The minimum Gasteiger partial charge on any atom is -0.502 e. The fourth-order valence-electron chi connectivity index (χ4n) is 1.57. The largest absolute Gasteiger partial charge is 0.502 e. The lowest BCUT2D eigenvalue weighted by Crippen LogP contribution is -2.05. The van der Waals surface area contributed by atoms with Gasteiger partial charge >= 0.3 is 5.97 Å². The van der Waals surface area contributed by atoms with Gasteiger partial charge in [-0.1, -0.05) is 30.3 Å². The molecule has 0 aliphatic carbocycles. The normalized spacial score (nSPS) is 21.2. The van der Waals surface area contributed by atoms with Crippen molar-refractivity contribution in [2.45, 2.75) is 13.0 Å². The average molecular weight is 190 g/mol. The maximum absolute atomic E-state index is 11.0. The van der Waals surface area contributed by atoms with E-state index in [1.54, 1.807) is 6.92 Å². The van der Waals surface area contributed by atoms with Gasteiger partial charge in [-0.05, 0) is 12.5 Å². The average Bonchev–Trinajstić information content (AvgIpc) is 2.43. The van der Waals surface area contributed by atoms with Crippen LogP contribution in [-0.4, -0.2) is 17.2 Å². The van der Waals surface area contributed by atoms with Gasteiger partial charge in [-0.15, -0.1) is 0 Å². The summed E-state index contributed by atoms with van der Waals surface area (Å²) in [4.78, 5) is 11.0. The van der Waals surface area contributed by atoms with E-state index in [1.807, 2.05) is 30.3 Å². The molecule has 1 heterocycles. The number of carbonyl (C=O) groups is 1. The van der Waals surface area contributed by atoms with Crippen LogP contribution in [0, 0.1) is 0 Å². The summed E-state index contributed by atoms with van der Waals surface area (Å²) < 4.78 is 4.88. The molecular weight excluding hydrogens is 180 g/mol. The number of esters is 1. The standard InChI is InChI=1S/C11H10O3/c1-7-9(10(12)11(13)14-7)8-5-3-2-4-6-8/h2-7,12H,1H3. The van der Waals surface area contributed by atoms with Gasteiger partial charge in [0.05, 0.1) is 0 Å². The van der Waals surface area contributed by atoms with Crippen molar-refractivity contribution in [3.63, 3.8) is 0 Å². The zero-order valence-electron chi connectivity index (χ0n) is 7.73. The molecule has 0 radical (unpaired) electrons.